The zero-order valence-electron chi connectivity index (χ0n) is 10.8. The molecule has 0 amide bonds. The maximum Gasteiger partial charge on any atom is 0.210 e. The molecule has 0 saturated heterocycles. The molecule has 0 spiro atoms. The van der Waals surface area contributed by atoms with Gasteiger partial charge in [-0.15, -0.1) is 10.2 Å². The second-order valence-corrected chi connectivity index (χ2v) is 5.24. The average molecular weight is 262 g/mol. The fourth-order valence-electron chi connectivity index (χ4n) is 1.63. The van der Waals surface area contributed by atoms with Gasteiger partial charge in [0.15, 0.2) is 5.82 Å². The number of thioether (sulfide) groups is 1. The first-order valence-electron chi connectivity index (χ1n) is 6.08. The molecule has 2 aromatic rings. The van der Waals surface area contributed by atoms with Gasteiger partial charge in [-0.25, -0.2) is 4.68 Å². The van der Waals surface area contributed by atoms with E-state index < -0.39 is 0 Å². The number of aryl methyl sites for hydroxylation is 2. The van der Waals surface area contributed by atoms with Crippen molar-refractivity contribution in [3.8, 4) is 0 Å². The summed E-state index contributed by atoms with van der Waals surface area (Å²) in [6.45, 7) is 4.19. The molecule has 5 heteroatoms. The van der Waals surface area contributed by atoms with E-state index in [1.165, 1.54) is 11.1 Å². The fourth-order valence-corrected chi connectivity index (χ4v) is 2.46. The van der Waals surface area contributed by atoms with Crippen molar-refractivity contribution in [2.75, 3.05) is 5.84 Å². The lowest BCUT2D eigenvalue weighted by Gasteiger charge is -2.03. The largest absolute Gasteiger partial charge is 0.336 e. The minimum absolute atomic E-state index is 0.777. The van der Waals surface area contributed by atoms with Gasteiger partial charge in [0.2, 0.25) is 5.16 Å². The summed E-state index contributed by atoms with van der Waals surface area (Å²) in [6.07, 6.45) is 1.90. The number of aromatic nitrogens is 3. The molecule has 0 aliphatic rings. The Morgan fingerprint density at radius 3 is 2.61 bits per heavy atom. The van der Waals surface area contributed by atoms with Crippen molar-refractivity contribution in [3.63, 3.8) is 0 Å². The van der Waals surface area contributed by atoms with Gasteiger partial charge in [-0.1, -0.05) is 48.5 Å². The molecule has 1 heterocycles. The van der Waals surface area contributed by atoms with Gasteiger partial charge in [0, 0.05) is 12.2 Å². The summed E-state index contributed by atoms with van der Waals surface area (Å²) in [4.78, 5) is 0. The number of hydrogen-bond donors (Lipinski definition) is 1. The monoisotopic (exact) mass is 262 g/mol. The lowest BCUT2D eigenvalue weighted by atomic mass is 10.2. The van der Waals surface area contributed by atoms with Gasteiger partial charge in [0.1, 0.15) is 0 Å². The molecule has 0 bridgehead atoms. The molecule has 2 N–H and O–H groups in total. The van der Waals surface area contributed by atoms with Gasteiger partial charge in [0.05, 0.1) is 0 Å². The maximum atomic E-state index is 5.95. The lowest BCUT2D eigenvalue weighted by Crippen LogP contribution is -2.13. The molecule has 0 saturated carbocycles. The Morgan fingerprint density at radius 1 is 1.22 bits per heavy atom. The van der Waals surface area contributed by atoms with Crippen LogP contribution in [0.25, 0.3) is 0 Å². The third-order valence-corrected chi connectivity index (χ3v) is 3.71. The maximum absolute atomic E-state index is 5.95. The van der Waals surface area contributed by atoms with Crippen molar-refractivity contribution >= 4 is 11.8 Å². The van der Waals surface area contributed by atoms with Crippen molar-refractivity contribution in [2.24, 2.45) is 0 Å². The normalized spacial score (nSPS) is 10.8. The van der Waals surface area contributed by atoms with E-state index in [9.17, 15) is 0 Å². The third kappa shape index (κ3) is 3.04. The lowest BCUT2D eigenvalue weighted by molar-refractivity contribution is 0.757. The summed E-state index contributed by atoms with van der Waals surface area (Å²) in [7, 11) is 0. The van der Waals surface area contributed by atoms with E-state index in [4.69, 9.17) is 5.84 Å². The fraction of sp³-hybridized carbons (Fsp3) is 0.385. The highest BCUT2D eigenvalue weighted by Crippen LogP contribution is 2.20. The van der Waals surface area contributed by atoms with E-state index in [-0.39, 0.29) is 0 Å². The van der Waals surface area contributed by atoms with Crippen LogP contribution in [0.3, 0.4) is 0 Å². The SMILES string of the molecule is CCCc1nnc(SCc2ccc(C)cc2)n1N. The van der Waals surface area contributed by atoms with Gasteiger partial charge in [-0.05, 0) is 18.9 Å². The second kappa shape index (κ2) is 5.91. The Bertz CT molecular complexity index is 504. The van der Waals surface area contributed by atoms with Crippen LogP contribution in [0.15, 0.2) is 29.4 Å². The highest BCUT2D eigenvalue weighted by Gasteiger charge is 2.09. The molecule has 1 aromatic carbocycles. The molecule has 4 nitrogen and oxygen atoms in total. The minimum Gasteiger partial charge on any atom is -0.336 e. The molecule has 0 aliphatic carbocycles. The van der Waals surface area contributed by atoms with Crippen LogP contribution in [0.2, 0.25) is 0 Å². The number of benzene rings is 1. The van der Waals surface area contributed by atoms with Gasteiger partial charge < -0.3 is 5.84 Å². The standard InChI is InChI=1S/C13H18N4S/c1-3-4-12-15-16-13(17(12)14)18-9-11-7-5-10(2)6-8-11/h5-8H,3-4,9,14H2,1-2H3. The van der Waals surface area contributed by atoms with E-state index in [1.54, 1.807) is 16.4 Å². The second-order valence-electron chi connectivity index (χ2n) is 4.29. The molecular formula is C13H18N4S. The molecular weight excluding hydrogens is 244 g/mol. The van der Waals surface area contributed by atoms with Crippen LogP contribution >= 0.6 is 11.8 Å². The van der Waals surface area contributed by atoms with Crippen molar-refractivity contribution in [2.45, 2.75) is 37.6 Å². The Hall–Kier alpha value is -1.49. The van der Waals surface area contributed by atoms with Gasteiger partial charge in [0.25, 0.3) is 0 Å². The number of rotatable bonds is 5. The number of nitrogen functional groups attached to an aromatic ring is 1. The van der Waals surface area contributed by atoms with Crippen LogP contribution in [0, 0.1) is 6.92 Å². The first-order valence-corrected chi connectivity index (χ1v) is 7.07. The Kier molecular flexibility index (Phi) is 4.25. The smallest absolute Gasteiger partial charge is 0.210 e. The minimum atomic E-state index is 0.777. The molecule has 96 valence electrons. The summed E-state index contributed by atoms with van der Waals surface area (Å²) in [5.41, 5.74) is 2.54. The van der Waals surface area contributed by atoms with Crippen molar-refractivity contribution < 1.29 is 0 Å². The quantitative estimate of drug-likeness (QED) is 0.664. The van der Waals surface area contributed by atoms with Crippen LogP contribution in [0.5, 0.6) is 0 Å². The van der Waals surface area contributed by atoms with Crippen LogP contribution in [-0.2, 0) is 12.2 Å². The van der Waals surface area contributed by atoms with E-state index >= 15 is 0 Å². The zero-order valence-corrected chi connectivity index (χ0v) is 11.6. The first-order chi connectivity index (χ1) is 8.70. The predicted molar refractivity (Wildman–Crippen MR) is 74.9 cm³/mol. The zero-order chi connectivity index (χ0) is 13.0. The van der Waals surface area contributed by atoms with Gasteiger partial charge >= 0.3 is 0 Å². The number of nitrogens with two attached hydrogens (primary N) is 1. The van der Waals surface area contributed by atoms with Gasteiger partial charge in [-0.2, -0.15) is 0 Å². The predicted octanol–water partition coefficient (Wildman–Crippen LogP) is 2.55. The topological polar surface area (TPSA) is 56.7 Å². The summed E-state index contributed by atoms with van der Waals surface area (Å²) < 4.78 is 1.60. The molecule has 0 aliphatic heterocycles. The number of hydrogen-bond acceptors (Lipinski definition) is 4. The Balaban J connectivity index is 1.99. The average Bonchev–Trinajstić information content (AvgIpc) is 2.71. The highest BCUT2D eigenvalue weighted by molar-refractivity contribution is 7.98. The summed E-state index contributed by atoms with van der Waals surface area (Å²) in [6, 6.07) is 8.50. The van der Waals surface area contributed by atoms with E-state index in [0.717, 1.165) is 29.6 Å². The Morgan fingerprint density at radius 2 is 1.94 bits per heavy atom. The van der Waals surface area contributed by atoms with Gasteiger partial charge in [-0.3, -0.25) is 0 Å². The molecule has 0 fully saturated rings. The van der Waals surface area contributed by atoms with Crippen molar-refractivity contribution in [1.29, 1.82) is 0 Å². The van der Waals surface area contributed by atoms with E-state index in [1.807, 2.05) is 0 Å². The first kappa shape index (κ1) is 13.0. The molecule has 1 aromatic heterocycles. The van der Waals surface area contributed by atoms with Crippen LogP contribution < -0.4 is 5.84 Å². The van der Waals surface area contributed by atoms with E-state index in [2.05, 4.69) is 48.3 Å². The summed E-state index contributed by atoms with van der Waals surface area (Å²) >= 11 is 1.62. The number of nitrogens with zero attached hydrogens (tertiary/aromatic N) is 3. The molecule has 18 heavy (non-hydrogen) atoms. The Labute approximate surface area is 112 Å². The molecule has 0 atom stereocenters. The van der Waals surface area contributed by atoms with Crippen LogP contribution in [-0.4, -0.2) is 14.9 Å². The molecule has 2 rings (SSSR count). The van der Waals surface area contributed by atoms with Crippen LogP contribution in [0.4, 0.5) is 0 Å². The highest BCUT2D eigenvalue weighted by atomic mass is 32.2. The van der Waals surface area contributed by atoms with Crippen LogP contribution in [0.1, 0.15) is 30.3 Å². The van der Waals surface area contributed by atoms with Crippen molar-refractivity contribution in [1.82, 2.24) is 14.9 Å². The van der Waals surface area contributed by atoms with Crippen molar-refractivity contribution in [3.05, 3.63) is 41.2 Å². The summed E-state index contributed by atoms with van der Waals surface area (Å²) in [5.74, 6) is 7.66. The van der Waals surface area contributed by atoms with E-state index in [0.29, 0.717) is 0 Å². The molecule has 0 unspecified atom stereocenters. The summed E-state index contributed by atoms with van der Waals surface area (Å²) in [5, 5.41) is 8.99. The third-order valence-electron chi connectivity index (χ3n) is 2.70. The molecule has 0 radical (unpaired) electrons.